The van der Waals surface area contributed by atoms with Crippen LogP contribution in [0.3, 0.4) is 0 Å². The van der Waals surface area contributed by atoms with Gasteiger partial charge in [0, 0.05) is 6.92 Å². The third kappa shape index (κ3) is 3.20. The van der Waals surface area contributed by atoms with Crippen molar-refractivity contribution in [1.29, 1.82) is 0 Å². The molecule has 1 atom stereocenters. The van der Waals surface area contributed by atoms with Gasteiger partial charge in [-0.15, -0.1) is 0 Å². The van der Waals surface area contributed by atoms with E-state index in [-0.39, 0.29) is 6.61 Å². The van der Waals surface area contributed by atoms with Crippen LogP contribution in [0, 0.1) is 0 Å². The zero-order valence-electron chi connectivity index (χ0n) is 8.25. The van der Waals surface area contributed by atoms with Gasteiger partial charge in [-0.05, 0) is 20.8 Å². The van der Waals surface area contributed by atoms with E-state index in [4.69, 9.17) is 14.5 Å². The summed E-state index contributed by atoms with van der Waals surface area (Å²) in [5.74, 6) is -1.12. The molecule has 0 N–H and O–H groups in total. The quantitative estimate of drug-likeness (QED) is 0.376. The third-order valence-electron chi connectivity index (χ3n) is 1.22. The van der Waals surface area contributed by atoms with Crippen LogP contribution in [0.1, 0.15) is 27.7 Å². The summed E-state index contributed by atoms with van der Waals surface area (Å²) in [5.41, 5.74) is -0.446. The largest absolute Gasteiger partial charge is 0.511 e. The van der Waals surface area contributed by atoms with E-state index in [1.807, 2.05) is 20.8 Å². The molecule has 0 saturated carbocycles. The molecule has 0 amide bonds. The van der Waals surface area contributed by atoms with Crippen LogP contribution in [0.15, 0.2) is 0 Å². The lowest BCUT2D eigenvalue weighted by Gasteiger charge is -2.24. The lowest BCUT2D eigenvalue weighted by atomic mass is 10.2. The Hall–Kier alpha value is -0.810. The average molecular weight is 190 g/mol. The third-order valence-corrected chi connectivity index (χ3v) is 1.22. The van der Waals surface area contributed by atoms with Gasteiger partial charge in [0.15, 0.2) is 6.61 Å². The Morgan fingerprint density at radius 2 is 2.08 bits per heavy atom. The topological polar surface area (TPSA) is 54.0 Å². The first-order chi connectivity index (χ1) is 5.81. The Labute approximate surface area is 76.8 Å². The van der Waals surface area contributed by atoms with Gasteiger partial charge in [-0.25, -0.2) is 9.68 Å². The van der Waals surface area contributed by atoms with E-state index < -0.39 is 17.5 Å². The van der Waals surface area contributed by atoms with Gasteiger partial charge in [0.05, 0.1) is 5.60 Å². The van der Waals surface area contributed by atoms with Crippen LogP contribution < -0.4 is 0 Å². The van der Waals surface area contributed by atoms with Crippen molar-refractivity contribution in [3.8, 4) is 0 Å². The first kappa shape index (κ1) is 10.3. The first-order valence-corrected chi connectivity index (χ1v) is 4.03. The maximum Gasteiger partial charge on any atom is 0.511 e. The fraction of sp³-hybridized carbons (Fsp3) is 0.875. The van der Waals surface area contributed by atoms with Crippen molar-refractivity contribution in [1.82, 2.24) is 0 Å². The highest BCUT2D eigenvalue weighted by atomic mass is 17.2. The van der Waals surface area contributed by atoms with E-state index in [1.165, 1.54) is 0 Å². The van der Waals surface area contributed by atoms with Crippen LogP contribution >= 0.6 is 0 Å². The van der Waals surface area contributed by atoms with E-state index >= 15 is 0 Å². The molecule has 5 heteroatoms. The fourth-order valence-electron chi connectivity index (χ4n) is 0.679. The monoisotopic (exact) mass is 190 g/mol. The summed E-state index contributed by atoms with van der Waals surface area (Å²) in [5, 5.41) is 0. The van der Waals surface area contributed by atoms with Crippen LogP contribution in [0.4, 0.5) is 4.79 Å². The number of carbonyl (C=O) groups excluding carboxylic acids is 1. The Bertz CT molecular complexity index is 207. The molecular formula is C8H14O5. The molecule has 1 fully saturated rings. The maximum atomic E-state index is 10.6. The van der Waals surface area contributed by atoms with Gasteiger partial charge in [0.25, 0.3) is 5.79 Å². The highest BCUT2D eigenvalue weighted by molar-refractivity contribution is 5.62. The molecule has 13 heavy (non-hydrogen) atoms. The van der Waals surface area contributed by atoms with E-state index in [1.54, 1.807) is 6.92 Å². The van der Waals surface area contributed by atoms with E-state index in [2.05, 4.69) is 4.74 Å². The summed E-state index contributed by atoms with van der Waals surface area (Å²) >= 11 is 0. The molecule has 0 aromatic carbocycles. The predicted molar refractivity (Wildman–Crippen MR) is 42.8 cm³/mol. The van der Waals surface area contributed by atoms with Gasteiger partial charge in [0.2, 0.25) is 0 Å². The lowest BCUT2D eigenvalue weighted by molar-refractivity contribution is -0.437. The molecule has 1 aliphatic heterocycles. The van der Waals surface area contributed by atoms with Crippen molar-refractivity contribution in [2.75, 3.05) is 6.61 Å². The number of hydrogen-bond acceptors (Lipinski definition) is 5. The van der Waals surface area contributed by atoms with Gasteiger partial charge in [-0.2, -0.15) is 4.89 Å². The molecule has 1 aliphatic rings. The first-order valence-electron chi connectivity index (χ1n) is 4.03. The SMILES string of the molecule is CC(C)(C)OOC1(C)COC(=O)O1. The molecule has 1 heterocycles. The average Bonchev–Trinajstić information content (AvgIpc) is 2.27. The summed E-state index contributed by atoms with van der Waals surface area (Å²) < 4.78 is 9.30. The van der Waals surface area contributed by atoms with Crippen molar-refractivity contribution < 1.29 is 24.0 Å². The summed E-state index contributed by atoms with van der Waals surface area (Å²) in [6.07, 6.45) is -0.736. The highest BCUT2D eigenvalue weighted by Crippen LogP contribution is 2.23. The minimum absolute atomic E-state index is 0.0436. The Kier molecular flexibility index (Phi) is 2.49. The van der Waals surface area contributed by atoms with Crippen LogP contribution in [0.2, 0.25) is 0 Å². The van der Waals surface area contributed by atoms with Gasteiger partial charge >= 0.3 is 6.16 Å². The summed E-state index contributed by atoms with van der Waals surface area (Å²) in [6, 6.07) is 0. The van der Waals surface area contributed by atoms with Crippen LogP contribution in [0.25, 0.3) is 0 Å². The van der Waals surface area contributed by atoms with Crippen molar-refractivity contribution >= 4 is 6.16 Å². The number of rotatable bonds is 2. The van der Waals surface area contributed by atoms with Crippen LogP contribution in [-0.4, -0.2) is 24.2 Å². The van der Waals surface area contributed by atoms with Crippen molar-refractivity contribution in [3.63, 3.8) is 0 Å². The second kappa shape index (κ2) is 3.16. The molecule has 0 aromatic rings. The number of cyclic esters (lactones) is 2. The lowest BCUT2D eigenvalue weighted by Crippen LogP contribution is -2.35. The Morgan fingerprint density at radius 3 is 2.46 bits per heavy atom. The molecule has 1 saturated heterocycles. The van der Waals surface area contributed by atoms with E-state index in [9.17, 15) is 4.79 Å². The molecule has 5 nitrogen and oxygen atoms in total. The van der Waals surface area contributed by atoms with Gasteiger partial charge in [-0.1, -0.05) is 0 Å². The number of hydrogen-bond donors (Lipinski definition) is 0. The van der Waals surface area contributed by atoms with Crippen molar-refractivity contribution in [2.45, 2.75) is 39.1 Å². The number of carbonyl (C=O) groups is 1. The number of ether oxygens (including phenoxy) is 2. The smallest absolute Gasteiger partial charge is 0.427 e. The molecule has 0 aliphatic carbocycles. The van der Waals surface area contributed by atoms with Crippen LogP contribution in [-0.2, 0) is 19.2 Å². The van der Waals surface area contributed by atoms with Crippen LogP contribution in [0.5, 0.6) is 0 Å². The second-order valence-corrected chi connectivity index (χ2v) is 4.05. The molecule has 1 unspecified atom stereocenters. The minimum atomic E-state index is -1.12. The normalized spacial score (nSPS) is 28.5. The summed E-state index contributed by atoms with van der Waals surface area (Å²) in [4.78, 5) is 20.6. The second-order valence-electron chi connectivity index (χ2n) is 4.05. The fourth-order valence-corrected chi connectivity index (χ4v) is 0.679. The predicted octanol–water partition coefficient (Wildman–Crippen LogP) is 1.62. The Balaban J connectivity index is 2.40. The maximum absolute atomic E-state index is 10.6. The van der Waals surface area contributed by atoms with Gasteiger partial charge < -0.3 is 9.47 Å². The molecular weight excluding hydrogens is 176 g/mol. The van der Waals surface area contributed by atoms with Gasteiger partial charge in [-0.3, -0.25) is 0 Å². The molecule has 0 radical (unpaired) electrons. The zero-order chi connectivity index (χ0) is 10.1. The molecule has 0 bridgehead atoms. The molecule has 0 aromatic heterocycles. The van der Waals surface area contributed by atoms with Crippen molar-refractivity contribution in [2.24, 2.45) is 0 Å². The van der Waals surface area contributed by atoms with Gasteiger partial charge in [0.1, 0.15) is 0 Å². The van der Waals surface area contributed by atoms with E-state index in [0.29, 0.717) is 0 Å². The summed E-state index contributed by atoms with van der Waals surface area (Å²) in [7, 11) is 0. The minimum Gasteiger partial charge on any atom is -0.427 e. The molecule has 76 valence electrons. The van der Waals surface area contributed by atoms with E-state index in [0.717, 1.165) is 0 Å². The Morgan fingerprint density at radius 1 is 1.46 bits per heavy atom. The molecule has 1 rings (SSSR count). The highest BCUT2D eigenvalue weighted by Gasteiger charge is 2.41. The zero-order valence-corrected chi connectivity index (χ0v) is 8.25. The standard InChI is InChI=1S/C8H14O5/c1-7(2,3)12-13-8(4)5-10-6(9)11-8/h5H2,1-4H3. The van der Waals surface area contributed by atoms with Crippen molar-refractivity contribution in [3.05, 3.63) is 0 Å². The summed E-state index contributed by atoms with van der Waals surface area (Å²) in [6.45, 7) is 7.10. The molecule has 0 spiro atoms.